The smallest absolute Gasteiger partial charge is 0.0372 e. The average Bonchev–Trinajstić information content (AvgIpc) is 2.07. The van der Waals surface area contributed by atoms with Crippen molar-refractivity contribution >= 4 is 5.69 Å². The third kappa shape index (κ3) is 1.60. The van der Waals surface area contributed by atoms with Crippen molar-refractivity contribution < 1.29 is 0 Å². The number of benzene rings is 1. The second kappa shape index (κ2) is 3.61. The zero-order valence-electron chi connectivity index (χ0n) is 8.36. The minimum atomic E-state index is 0.989. The first-order chi connectivity index (χ1) is 5.66. The van der Waals surface area contributed by atoms with Gasteiger partial charge < -0.3 is 5.32 Å². The van der Waals surface area contributed by atoms with E-state index in [9.17, 15) is 0 Å². The van der Waals surface area contributed by atoms with Gasteiger partial charge in [-0.25, -0.2) is 0 Å². The van der Waals surface area contributed by atoms with E-state index in [1.54, 1.807) is 0 Å². The normalized spacial score (nSPS) is 10.0. The molecule has 0 heterocycles. The van der Waals surface area contributed by atoms with Crippen LogP contribution >= 0.6 is 0 Å². The Balaban J connectivity index is 3.08. The van der Waals surface area contributed by atoms with Crippen molar-refractivity contribution in [3.63, 3.8) is 0 Å². The first-order valence-electron chi connectivity index (χ1n) is 4.47. The third-order valence-electron chi connectivity index (χ3n) is 2.43. The van der Waals surface area contributed by atoms with Crippen molar-refractivity contribution in [3.8, 4) is 0 Å². The molecule has 1 aromatic carbocycles. The zero-order valence-corrected chi connectivity index (χ0v) is 8.36. The summed E-state index contributed by atoms with van der Waals surface area (Å²) in [6.45, 7) is 9.60. The molecule has 0 aromatic heterocycles. The van der Waals surface area contributed by atoms with Gasteiger partial charge in [-0.1, -0.05) is 6.07 Å². The molecule has 0 atom stereocenters. The fourth-order valence-electron chi connectivity index (χ4n) is 1.34. The van der Waals surface area contributed by atoms with Crippen molar-refractivity contribution in [1.82, 2.24) is 0 Å². The van der Waals surface area contributed by atoms with E-state index in [-0.39, 0.29) is 0 Å². The standard InChI is InChI=1S/C11H17N/c1-5-12-11-7-6-8(2)9(3)10(11)4/h6-7,12H,5H2,1-4H3. The molecular formula is C11H17N. The van der Waals surface area contributed by atoms with E-state index >= 15 is 0 Å². The van der Waals surface area contributed by atoms with Gasteiger partial charge in [-0.3, -0.25) is 0 Å². The van der Waals surface area contributed by atoms with Crippen LogP contribution in [0.2, 0.25) is 0 Å². The highest BCUT2D eigenvalue weighted by Crippen LogP contribution is 2.20. The molecule has 0 saturated heterocycles. The predicted molar refractivity (Wildman–Crippen MR) is 54.8 cm³/mol. The molecule has 12 heavy (non-hydrogen) atoms. The second-order valence-electron chi connectivity index (χ2n) is 3.21. The van der Waals surface area contributed by atoms with E-state index in [1.165, 1.54) is 22.4 Å². The van der Waals surface area contributed by atoms with Crippen LogP contribution in [-0.4, -0.2) is 6.54 Å². The van der Waals surface area contributed by atoms with Crippen LogP contribution in [0.4, 0.5) is 5.69 Å². The minimum Gasteiger partial charge on any atom is -0.385 e. The number of hydrogen-bond donors (Lipinski definition) is 1. The Labute approximate surface area is 74.8 Å². The first kappa shape index (κ1) is 9.11. The van der Waals surface area contributed by atoms with Crippen LogP contribution in [0, 0.1) is 20.8 Å². The van der Waals surface area contributed by atoms with Crippen molar-refractivity contribution in [2.45, 2.75) is 27.7 Å². The van der Waals surface area contributed by atoms with E-state index < -0.39 is 0 Å². The highest BCUT2D eigenvalue weighted by molar-refractivity contribution is 5.55. The Kier molecular flexibility index (Phi) is 2.74. The predicted octanol–water partition coefficient (Wildman–Crippen LogP) is 3.04. The molecule has 0 aliphatic carbocycles. The maximum absolute atomic E-state index is 3.34. The van der Waals surface area contributed by atoms with E-state index in [0.29, 0.717) is 0 Å². The van der Waals surface area contributed by atoms with Crippen LogP contribution in [0.1, 0.15) is 23.6 Å². The summed E-state index contributed by atoms with van der Waals surface area (Å²) in [5.41, 5.74) is 5.40. The molecule has 0 unspecified atom stereocenters. The van der Waals surface area contributed by atoms with Gasteiger partial charge >= 0.3 is 0 Å². The SMILES string of the molecule is CCNc1ccc(C)c(C)c1C. The molecule has 0 saturated carbocycles. The summed E-state index contributed by atoms with van der Waals surface area (Å²) in [7, 11) is 0. The monoisotopic (exact) mass is 163 g/mol. The summed E-state index contributed by atoms with van der Waals surface area (Å²) in [6, 6.07) is 4.32. The highest BCUT2D eigenvalue weighted by Gasteiger charge is 2.01. The molecule has 0 fully saturated rings. The summed E-state index contributed by atoms with van der Waals surface area (Å²) in [4.78, 5) is 0. The van der Waals surface area contributed by atoms with E-state index in [1.807, 2.05) is 0 Å². The molecule has 0 aliphatic rings. The fraction of sp³-hybridized carbons (Fsp3) is 0.455. The largest absolute Gasteiger partial charge is 0.385 e. The molecule has 1 aromatic rings. The van der Waals surface area contributed by atoms with Gasteiger partial charge in [-0.15, -0.1) is 0 Å². The molecule has 0 radical (unpaired) electrons. The summed E-state index contributed by atoms with van der Waals surface area (Å²) in [5.74, 6) is 0. The van der Waals surface area contributed by atoms with Gasteiger partial charge in [0.25, 0.3) is 0 Å². The Hall–Kier alpha value is -0.980. The molecule has 1 nitrogen and oxygen atoms in total. The first-order valence-corrected chi connectivity index (χ1v) is 4.47. The number of hydrogen-bond acceptors (Lipinski definition) is 1. The fourth-order valence-corrected chi connectivity index (χ4v) is 1.34. The van der Waals surface area contributed by atoms with Crippen LogP contribution in [0.15, 0.2) is 12.1 Å². The maximum atomic E-state index is 3.34. The molecule has 0 spiro atoms. The number of aryl methyl sites for hydroxylation is 1. The molecular weight excluding hydrogens is 146 g/mol. The number of anilines is 1. The number of rotatable bonds is 2. The number of nitrogens with one attached hydrogen (secondary N) is 1. The molecule has 1 heteroatoms. The Morgan fingerprint density at radius 1 is 1.08 bits per heavy atom. The highest BCUT2D eigenvalue weighted by atomic mass is 14.9. The second-order valence-corrected chi connectivity index (χ2v) is 3.21. The third-order valence-corrected chi connectivity index (χ3v) is 2.43. The average molecular weight is 163 g/mol. The lowest BCUT2D eigenvalue weighted by Crippen LogP contribution is -2.00. The van der Waals surface area contributed by atoms with Crippen LogP contribution < -0.4 is 5.32 Å². The van der Waals surface area contributed by atoms with E-state index in [0.717, 1.165) is 6.54 Å². The molecule has 0 amide bonds. The molecule has 1 N–H and O–H groups in total. The van der Waals surface area contributed by atoms with E-state index in [2.05, 4.69) is 45.1 Å². The lowest BCUT2D eigenvalue weighted by molar-refractivity contribution is 1.18. The van der Waals surface area contributed by atoms with Crippen molar-refractivity contribution in [1.29, 1.82) is 0 Å². The van der Waals surface area contributed by atoms with Gasteiger partial charge in [0.15, 0.2) is 0 Å². The van der Waals surface area contributed by atoms with Crippen LogP contribution in [0.5, 0.6) is 0 Å². The molecule has 0 bridgehead atoms. The Morgan fingerprint density at radius 3 is 2.33 bits per heavy atom. The summed E-state index contributed by atoms with van der Waals surface area (Å²) in [6.07, 6.45) is 0. The minimum absolute atomic E-state index is 0.989. The van der Waals surface area contributed by atoms with Gasteiger partial charge in [-0.05, 0) is 50.5 Å². The maximum Gasteiger partial charge on any atom is 0.0372 e. The van der Waals surface area contributed by atoms with Gasteiger partial charge in [0, 0.05) is 12.2 Å². The quantitative estimate of drug-likeness (QED) is 0.706. The molecule has 0 aliphatic heterocycles. The summed E-state index contributed by atoms with van der Waals surface area (Å²) in [5, 5.41) is 3.34. The molecule has 1 rings (SSSR count). The Bertz CT molecular complexity index is 277. The van der Waals surface area contributed by atoms with Gasteiger partial charge in [0.1, 0.15) is 0 Å². The zero-order chi connectivity index (χ0) is 9.14. The summed E-state index contributed by atoms with van der Waals surface area (Å²) < 4.78 is 0. The van der Waals surface area contributed by atoms with Gasteiger partial charge in [-0.2, -0.15) is 0 Å². The molecule has 66 valence electrons. The Morgan fingerprint density at radius 2 is 1.75 bits per heavy atom. The van der Waals surface area contributed by atoms with Gasteiger partial charge in [0.2, 0.25) is 0 Å². The topological polar surface area (TPSA) is 12.0 Å². The van der Waals surface area contributed by atoms with Gasteiger partial charge in [0.05, 0.1) is 0 Å². The van der Waals surface area contributed by atoms with Crippen LogP contribution in [0.25, 0.3) is 0 Å². The van der Waals surface area contributed by atoms with Crippen LogP contribution in [0.3, 0.4) is 0 Å². The summed E-state index contributed by atoms with van der Waals surface area (Å²) >= 11 is 0. The van der Waals surface area contributed by atoms with Crippen molar-refractivity contribution in [2.75, 3.05) is 11.9 Å². The lowest BCUT2D eigenvalue weighted by atomic mass is 10.0. The van der Waals surface area contributed by atoms with Crippen molar-refractivity contribution in [2.24, 2.45) is 0 Å². The van der Waals surface area contributed by atoms with E-state index in [4.69, 9.17) is 0 Å². The van der Waals surface area contributed by atoms with Crippen molar-refractivity contribution in [3.05, 3.63) is 28.8 Å². The lowest BCUT2D eigenvalue weighted by Gasteiger charge is -2.11. The van der Waals surface area contributed by atoms with Crippen LogP contribution in [-0.2, 0) is 0 Å².